The van der Waals surface area contributed by atoms with E-state index in [9.17, 15) is 9.59 Å². The van der Waals surface area contributed by atoms with Gasteiger partial charge in [-0.05, 0) is 12.1 Å². The first-order valence-corrected chi connectivity index (χ1v) is 4.93. The van der Waals surface area contributed by atoms with Crippen molar-refractivity contribution in [2.75, 3.05) is 0 Å². The standard InChI is InChI=1S/C12H9N3O2/c1-14-11(16)9(7-13)8-15(12(14)17)10-5-3-2-4-6-10/h2-6,8H,1H3. The highest BCUT2D eigenvalue weighted by Crippen LogP contribution is 2.03. The van der Waals surface area contributed by atoms with Gasteiger partial charge in [-0.1, -0.05) is 18.2 Å². The number of para-hydroxylation sites is 1. The van der Waals surface area contributed by atoms with Crippen LogP contribution in [0.1, 0.15) is 5.56 Å². The Hall–Kier alpha value is -2.61. The van der Waals surface area contributed by atoms with Crippen molar-refractivity contribution in [1.82, 2.24) is 9.13 Å². The molecule has 0 N–H and O–H groups in total. The van der Waals surface area contributed by atoms with Crippen LogP contribution in [0.4, 0.5) is 0 Å². The van der Waals surface area contributed by atoms with Gasteiger partial charge < -0.3 is 0 Å². The summed E-state index contributed by atoms with van der Waals surface area (Å²) in [6.07, 6.45) is 1.26. The van der Waals surface area contributed by atoms with Crippen molar-refractivity contribution >= 4 is 0 Å². The molecule has 0 unspecified atom stereocenters. The molecule has 0 amide bonds. The number of rotatable bonds is 1. The van der Waals surface area contributed by atoms with Gasteiger partial charge in [0, 0.05) is 13.2 Å². The Morgan fingerprint density at radius 2 is 1.82 bits per heavy atom. The molecule has 0 atom stereocenters. The van der Waals surface area contributed by atoms with Crippen LogP contribution >= 0.6 is 0 Å². The molecule has 1 heterocycles. The van der Waals surface area contributed by atoms with Crippen LogP contribution in [0.25, 0.3) is 5.69 Å². The minimum absolute atomic E-state index is 0.0593. The van der Waals surface area contributed by atoms with Crippen molar-refractivity contribution in [2.45, 2.75) is 0 Å². The van der Waals surface area contributed by atoms with Crippen molar-refractivity contribution in [3.05, 3.63) is 62.9 Å². The Morgan fingerprint density at radius 1 is 1.18 bits per heavy atom. The zero-order valence-corrected chi connectivity index (χ0v) is 9.12. The van der Waals surface area contributed by atoms with Crippen LogP contribution in [0.15, 0.2) is 46.1 Å². The van der Waals surface area contributed by atoms with E-state index in [1.807, 2.05) is 6.07 Å². The molecule has 0 fully saturated rings. The van der Waals surface area contributed by atoms with Crippen molar-refractivity contribution < 1.29 is 0 Å². The van der Waals surface area contributed by atoms with E-state index >= 15 is 0 Å². The minimum Gasteiger partial charge on any atom is -0.268 e. The third kappa shape index (κ3) is 1.76. The lowest BCUT2D eigenvalue weighted by Gasteiger charge is -2.07. The van der Waals surface area contributed by atoms with E-state index in [2.05, 4.69) is 0 Å². The lowest BCUT2D eigenvalue weighted by Crippen LogP contribution is -2.38. The Bertz CT molecular complexity index is 705. The van der Waals surface area contributed by atoms with Crippen LogP contribution in [-0.2, 0) is 7.05 Å². The van der Waals surface area contributed by atoms with Gasteiger partial charge >= 0.3 is 5.69 Å². The van der Waals surface area contributed by atoms with Gasteiger partial charge in [-0.25, -0.2) is 4.79 Å². The van der Waals surface area contributed by atoms with Crippen molar-refractivity contribution in [1.29, 1.82) is 5.26 Å². The van der Waals surface area contributed by atoms with E-state index in [0.29, 0.717) is 5.69 Å². The molecule has 0 aliphatic carbocycles. The highest BCUT2D eigenvalue weighted by atomic mass is 16.2. The highest BCUT2D eigenvalue weighted by Gasteiger charge is 2.08. The van der Waals surface area contributed by atoms with Crippen LogP contribution in [0.5, 0.6) is 0 Å². The maximum absolute atomic E-state index is 11.9. The summed E-state index contributed by atoms with van der Waals surface area (Å²) in [5, 5.41) is 8.83. The SMILES string of the molecule is Cn1c(=O)c(C#N)cn(-c2ccccc2)c1=O. The Labute approximate surface area is 96.8 Å². The predicted molar refractivity (Wildman–Crippen MR) is 62.0 cm³/mol. The van der Waals surface area contributed by atoms with Gasteiger partial charge in [0.05, 0.1) is 5.69 Å². The first-order valence-electron chi connectivity index (χ1n) is 4.93. The van der Waals surface area contributed by atoms with Gasteiger partial charge in [0.15, 0.2) is 0 Å². The van der Waals surface area contributed by atoms with Crippen molar-refractivity contribution in [3.8, 4) is 11.8 Å². The Morgan fingerprint density at radius 3 is 2.41 bits per heavy atom. The molecule has 2 rings (SSSR count). The molecule has 0 spiro atoms. The number of hydrogen-bond acceptors (Lipinski definition) is 3. The maximum Gasteiger partial charge on any atom is 0.335 e. The third-order valence-corrected chi connectivity index (χ3v) is 2.44. The van der Waals surface area contributed by atoms with Gasteiger partial charge in [0.2, 0.25) is 0 Å². The minimum atomic E-state index is -0.579. The summed E-state index contributed by atoms with van der Waals surface area (Å²) in [6, 6.07) is 10.6. The highest BCUT2D eigenvalue weighted by molar-refractivity contribution is 5.34. The molecule has 0 bridgehead atoms. The second-order valence-corrected chi connectivity index (χ2v) is 3.51. The zero-order valence-electron chi connectivity index (χ0n) is 9.12. The zero-order chi connectivity index (χ0) is 12.4. The summed E-state index contributed by atoms with van der Waals surface area (Å²) < 4.78 is 2.20. The predicted octanol–water partition coefficient (Wildman–Crippen LogP) is 0.408. The average Bonchev–Trinajstić information content (AvgIpc) is 2.37. The molecule has 1 aromatic heterocycles. The quantitative estimate of drug-likeness (QED) is 0.708. The number of aromatic nitrogens is 2. The third-order valence-electron chi connectivity index (χ3n) is 2.44. The molecule has 2 aromatic rings. The average molecular weight is 227 g/mol. The van der Waals surface area contributed by atoms with Gasteiger partial charge in [-0.2, -0.15) is 5.26 Å². The van der Waals surface area contributed by atoms with E-state index in [1.54, 1.807) is 30.3 Å². The molecular weight excluding hydrogens is 218 g/mol. The lowest BCUT2D eigenvalue weighted by atomic mass is 10.3. The second kappa shape index (κ2) is 4.10. The summed E-state index contributed by atoms with van der Waals surface area (Å²) >= 11 is 0. The normalized spacial score (nSPS) is 9.88. The fourth-order valence-electron chi connectivity index (χ4n) is 1.52. The first kappa shape index (κ1) is 10.9. The van der Waals surface area contributed by atoms with E-state index in [0.717, 1.165) is 4.57 Å². The van der Waals surface area contributed by atoms with E-state index < -0.39 is 11.2 Å². The van der Waals surface area contributed by atoms with E-state index in [-0.39, 0.29) is 5.56 Å². The molecule has 5 nitrogen and oxygen atoms in total. The molecule has 0 saturated carbocycles. The summed E-state index contributed by atoms with van der Waals surface area (Å²) in [4.78, 5) is 23.4. The topological polar surface area (TPSA) is 67.8 Å². The lowest BCUT2D eigenvalue weighted by molar-refractivity contribution is 0.724. The molecule has 0 radical (unpaired) electrons. The number of benzene rings is 1. The Kier molecular flexibility index (Phi) is 2.63. The van der Waals surface area contributed by atoms with Crippen molar-refractivity contribution in [2.24, 2.45) is 7.05 Å². The molecule has 5 heteroatoms. The fraction of sp³-hybridized carbons (Fsp3) is 0.0833. The first-order chi connectivity index (χ1) is 8.15. The number of hydrogen-bond donors (Lipinski definition) is 0. The molecular formula is C12H9N3O2. The van der Waals surface area contributed by atoms with Crippen LogP contribution < -0.4 is 11.2 Å². The summed E-state index contributed by atoms with van der Waals surface area (Å²) in [6.45, 7) is 0. The molecule has 0 aliphatic heterocycles. The van der Waals surface area contributed by atoms with Crippen LogP contribution in [0.2, 0.25) is 0 Å². The molecule has 1 aromatic carbocycles. The van der Waals surface area contributed by atoms with Gasteiger partial charge in [-0.15, -0.1) is 0 Å². The summed E-state index contributed by atoms with van der Waals surface area (Å²) in [5.74, 6) is 0. The van der Waals surface area contributed by atoms with E-state index in [1.165, 1.54) is 17.8 Å². The van der Waals surface area contributed by atoms with Crippen LogP contribution in [-0.4, -0.2) is 9.13 Å². The molecule has 17 heavy (non-hydrogen) atoms. The molecule has 0 saturated heterocycles. The van der Waals surface area contributed by atoms with E-state index in [4.69, 9.17) is 5.26 Å². The maximum atomic E-state index is 11.9. The Balaban J connectivity index is 2.82. The smallest absolute Gasteiger partial charge is 0.268 e. The van der Waals surface area contributed by atoms with Crippen LogP contribution in [0.3, 0.4) is 0 Å². The van der Waals surface area contributed by atoms with Crippen molar-refractivity contribution in [3.63, 3.8) is 0 Å². The number of nitriles is 1. The summed E-state index contributed by atoms with van der Waals surface area (Å²) in [7, 11) is 1.35. The van der Waals surface area contributed by atoms with Crippen LogP contribution in [0, 0.1) is 11.3 Å². The fourth-order valence-corrected chi connectivity index (χ4v) is 1.52. The molecule has 84 valence electrons. The van der Waals surface area contributed by atoms with Gasteiger partial charge in [0.25, 0.3) is 5.56 Å². The second-order valence-electron chi connectivity index (χ2n) is 3.51. The molecule has 0 aliphatic rings. The summed E-state index contributed by atoms with van der Waals surface area (Å²) in [5.41, 5.74) is -0.495. The monoisotopic (exact) mass is 227 g/mol. The largest absolute Gasteiger partial charge is 0.335 e. The van der Waals surface area contributed by atoms with Gasteiger partial charge in [0.1, 0.15) is 11.6 Å². The van der Waals surface area contributed by atoms with Gasteiger partial charge in [-0.3, -0.25) is 13.9 Å². The number of nitrogens with zero attached hydrogens (tertiary/aromatic N) is 3.